The number of carbonyl (C=O) groups is 2. The summed E-state index contributed by atoms with van der Waals surface area (Å²) in [7, 11) is 0. The molecule has 4 heteroatoms. The van der Waals surface area contributed by atoms with Crippen LogP contribution < -0.4 is 9.47 Å². The highest BCUT2D eigenvalue weighted by atomic mass is 16.6. The van der Waals surface area contributed by atoms with Crippen LogP contribution in [0.2, 0.25) is 0 Å². The van der Waals surface area contributed by atoms with Crippen LogP contribution in [0.5, 0.6) is 11.5 Å². The van der Waals surface area contributed by atoms with Crippen LogP contribution in [0.15, 0.2) is 24.8 Å². The largest absolute Gasteiger partial charge is 0.423 e. The maximum Gasteiger partial charge on any atom is 0.311 e. The zero-order valence-corrected chi connectivity index (χ0v) is 23.3. The van der Waals surface area contributed by atoms with Crippen molar-refractivity contribution in [3.05, 3.63) is 30.3 Å². The molecule has 0 aromatic heterocycles. The monoisotopic (exact) mass is 500 g/mol. The van der Waals surface area contributed by atoms with Crippen LogP contribution in [0.25, 0.3) is 6.08 Å². The molecule has 0 N–H and O–H groups in total. The minimum atomic E-state index is -0.282. The van der Waals surface area contributed by atoms with Gasteiger partial charge < -0.3 is 9.47 Å². The molecule has 1 aromatic carbocycles. The molecule has 0 radical (unpaired) electrons. The second-order valence-electron chi connectivity index (χ2n) is 10.0. The van der Waals surface area contributed by atoms with E-state index in [2.05, 4.69) is 20.4 Å². The van der Waals surface area contributed by atoms with Gasteiger partial charge in [-0.1, -0.05) is 135 Å². The van der Waals surface area contributed by atoms with E-state index in [9.17, 15) is 9.59 Å². The third-order valence-electron chi connectivity index (χ3n) is 6.62. The Morgan fingerprint density at radius 2 is 1.00 bits per heavy atom. The Kier molecular flexibility index (Phi) is 19.6. The van der Waals surface area contributed by atoms with Gasteiger partial charge in [0, 0.05) is 12.8 Å². The van der Waals surface area contributed by atoms with Gasteiger partial charge in [-0.05, 0) is 30.5 Å². The van der Waals surface area contributed by atoms with Crippen molar-refractivity contribution in [1.29, 1.82) is 0 Å². The molecule has 0 atom stereocenters. The number of hydrogen-bond acceptors (Lipinski definition) is 4. The summed E-state index contributed by atoms with van der Waals surface area (Å²) in [6.45, 7) is 8.25. The fraction of sp³-hybridized carbons (Fsp3) is 0.688. The third-order valence-corrected chi connectivity index (χ3v) is 6.62. The summed E-state index contributed by atoms with van der Waals surface area (Å²) in [6, 6.07) is 5.21. The van der Waals surface area contributed by atoms with E-state index < -0.39 is 0 Å². The van der Waals surface area contributed by atoms with Crippen LogP contribution in [-0.2, 0) is 9.59 Å². The first kappa shape index (κ1) is 31.9. The summed E-state index contributed by atoms with van der Waals surface area (Å²) < 4.78 is 11.2. The Bertz CT molecular complexity index is 725. The van der Waals surface area contributed by atoms with E-state index in [1.807, 2.05) is 6.07 Å². The quantitative estimate of drug-likeness (QED) is 0.0852. The van der Waals surface area contributed by atoms with Gasteiger partial charge in [0.1, 0.15) is 0 Å². The minimum Gasteiger partial charge on any atom is -0.423 e. The summed E-state index contributed by atoms with van der Waals surface area (Å²) >= 11 is 0. The first-order valence-corrected chi connectivity index (χ1v) is 14.8. The number of ether oxygens (including phenoxy) is 2. The van der Waals surface area contributed by atoms with Gasteiger partial charge in [0.2, 0.25) is 0 Å². The van der Waals surface area contributed by atoms with Crippen LogP contribution >= 0.6 is 0 Å². The van der Waals surface area contributed by atoms with Crippen molar-refractivity contribution >= 4 is 18.0 Å². The topological polar surface area (TPSA) is 52.6 Å². The molecule has 0 fully saturated rings. The van der Waals surface area contributed by atoms with E-state index in [1.165, 1.54) is 77.0 Å². The molecule has 0 aliphatic heterocycles. The molecule has 1 rings (SSSR count). The number of carbonyl (C=O) groups excluding carboxylic acids is 2. The number of benzene rings is 1. The van der Waals surface area contributed by atoms with E-state index >= 15 is 0 Å². The van der Waals surface area contributed by atoms with Gasteiger partial charge in [-0.25, -0.2) is 0 Å². The second kappa shape index (κ2) is 22.1. The van der Waals surface area contributed by atoms with Gasteiger partial charge in [-0.3, -0.25) is 9.59 Å². The van der Waals surface area contributed by atoms with Gasteiger partial charge in [0.25, 0.3) is 0 Å². The first-order chi connectivity index (χ1) is 17.6. The molecular formula is C32H52O4. The van der Waals surface area contributed by atoms with Crippen molar-refractivity contribution in [3.63, 3.8) is 0 Å². The Balaban J connectivity index is 2.33. The molecule has 0 saturated heterocycles. The molecule has 36 heavy (non-hydrogen) atoms. The summed E-state index contributed by atoms with van der Waals surface area (Å²) in [5, 5.41) is 0. The summed E-state index contributed by atoms with van der Waals surface area (Å²) in [6.07, 6.45) is 24.0. The predicted molar refractivity (Wildman–Crippen MR) is 151 cm³/mol. The van der Waals surface area contributed by atoms with Crippen molar-refractivity contribution in [2.75, 3.05) is 0 Å². The highest BCUT2D eigenvalue weighted by molar-refractivity contribution is 5.76. The third kappa shape index (κ3) is 16.5. The highest BCUT2D eigenvalue weighted by Crippen LogP contribution is 2.30. The number of rotatable bonds is 23. The smallest absolute Gasteiger partial charge is 0.311 e. The minimum absolute atomic E-state index is 0.277. The molecule has 1 aromatic rings. The van der Waals surface area contributed by atoms with E-state index in [1.54, 1.807) is 18.2 Å². The molecule has 0 heterocycles. The molecule has 0 unspecified atom stereocenters. The molecule has 0 aliphatic carbocycles. The van der Waals surface area contributed by atoms with E-state index in [-0.39, 0.29) is 11.9 Å². The van der Waals surface area contributed by atoms with Crippen molar-refractivity contribution in [1.82, 2.24) is 0 Å². The lowest BCUT2D eigenvalue weighted by Gasteiger charge is -2.12. The Morgan fingerprint density at radius 3 is 1.42 bits per heavy atom. The van der Waals surface area contributed by atoms with E-state index in [0.29, 0.717) is 24.3 Å². The lowest BCUT2D eigenvalue weighted by molar-refractivity contribution is -0.137. The summed E-state index contributed by atoms with van der Waals surface area (Å²) in [4.78, 5) is 24.8. The van der Waals surface area contributed by atoms with Crippen LogP contribution in [0.1, 0.15) is 148 Å². The molecule has 0 bridgehead atoms. The molecule has 0 amide bonds. The van der Waals surface area contributed by atoms with Gasteiger partial charge in [0.05, 0.1) is 0 Å². The Hall–Kier alpha value is -2.10. The zero-order valence-electron chi connectivity index (χ0n) is 23.3. The van der Waals surface area contributed by atoms with Crippen LogP contribution in [0, 0.1) is 0 Å². The normalized spacial score (nSPS) is 10.8. The van der Waals surface area contributed by atoms with E-state index in [4.69, 9.17) is 9.47 Å². The molecule has 4 nitrogen and oxygen atoms in total. The van der Waals surface area contributed by atoms with Crippen molar-refractivity contribution in [3.8, 4) is 11.5 Å². The lowest BCUT2D eigenvalue weighted by Crippen LogP contribution is -2.12. The van der Waals surface area contributed by atoms with Crippen molar-refractivity contribution in [2.24, 2.45) is 0 Å². The molecule has 0 saturated carbocycles. The standard InChI is InChI=1S/C32H52O4/c1-4-7-9-11-13-15-17-19-21-23-31(33)35-29-26-25-28(6-3)27-30(29)36-32(34)24-22-20-18-16-14-12-10-8-5-2/h6,25-27H,3-5,7-24H2,1-2H3. The maximum absolute atomic E-state index is 12.4. The zero-order chi connectivity index (χ0) is 26.3. The van der Waals surface area contributed by atoms with Gasteiger partial charge in [-0.15, -0.1) is 0 Å². The fourth-order valence-electron chi connectivity index (χ4n) is 4.32. The molecular weight excluding hydrogens is 448 g/mol. The lowest BCUT2D eigenvalue weighted by atomic mass is 10.1. The van der Waals surface area contributed by atoms with Gasteiger partial charge >= 0.3 is 11.9 Å². The van der Waals surface area contributed by atoms with Crippen LogP contribution in [0.4, 0.5) is 0 Å². The maximum atomic E-state index is 12.4. The summed E-state index contributed by atoms with van der Waals surface area (Å²) in [5.41, 5.74) is 0.819. The number of hydrogen-bond donors (Lipinski definition) is 0. The molecule has 0 aliphatic rings. The van der Waals surface area contributed by atoms with Crippen molar-refractivity contribution in [2.45, 2.75) is 142 Å². The highest BCUT2D eigenvalue weighted by Gasteiger charge is 2.14. The van der Waals surface area contributed by atoms with Gasteiger partial charge in [0.15, 0.2) is 11.5 Å². The number of esters is 2. The summed E-state index contributed by atoms with van der Waals surface area (Å²) in [5.74, 6) is 0.0478. The van der Waals surface area contributed by atoms with Crippen LogP contribution in [-0.4, -0.2) is 11.9 Å². The Labute approximate surface area is 221 Å². The van der Waals surface area contributed by atoms with E-state index in [0.717, 1.165) is 44.1 Å². The molecule has 0 spiro atoms. The Morgan fingerprint density at radius 1 is 0.611 bits per heavy atom. The second-order valence-corrected chi connectivity index (χ2v) is 10.0. The average molecular weight is 501 g/mol. The predicted octanol–water partition coefficient (Wildman–Crippen LogP) is 9.98. The van der Waals surface area contributed by atoms with Crippen molar-refractivity contribution < 1.29 is 19.1 Å². The van der Waals surface area contributed by atoms with Gasteiger partial charge in [-0.2, -0.15) is 0 Å². The average Bonchev–Trinajstić information content (AvgIpc) is 2.87. The SMILES string of the molecule is C=Cc1ccc(OC(=O)CCCCCCCCCCC)c(OC(=O)CCCCCCCCCCC)c1. The molecule has 204 valence electrons. The fourth-order valence-corrected chi connectivity index (χ4v) is 4.32. The van der Waals surface area contributed by atoms with Crippen LogP contribution in [0.3, 0.4) is 0 Å². The number of unbranched alkanes of at least 4 members (excludes halogenated alkanes) is 16. The first-order valence-electron chi connectivity index (χ1n) is 14.8.